The molecular weight excluding hydrogens is 809 g/mol. The Kier molecular flexibility index (Phi) is 13.2. The van der Waals surface area contributed by atoms with Gasteiger partial charge in [-0.25, -0.2) is 8.78 Å². The minimum Gasteiger partial charge on any atom is -0.462 e. The van der Waals surface area contributed by atoms with Crippen LogP contribution in [0.3, 0.4) is 0 Å². The Bertz CT molecular complexity index is 2170. The second-order valence-corrected chi connectivity index (χ2v) is 19.6. The number of rotatable bonds is 8. The number of esters is 2. The molecule has 0 bridgehead atoms. The van der Waals surface area contributed by atoms with Gasteiger partial charge in [0.2, 0.25) is 0 Å². The molecule has 2 saturated heterocycles. The van der Waals surface area contributed by atoms with E-state index in [4.69, 9.17) is 15.2 Å². The van der Waals surface area contributed by atoms with Crippen molar-refractivity contribution in [3.8, 4) is 22.3 Å². The molecule has 2 aromatic carbocycles. The summed E-state index contributed by atoms with van der Waals surface area (Å²) in [6, 6.07) is 20.9. The minimum absolute atomic E-state index is 0.000682. The van der Waals surface area contributed by atoms with Gasteiger partial charge >= 0.3 is 11.9 Å². The molecule has 0 spiro atoms. The predicted molar refractivity (Wildman–Crippen MR) is 243 cm³/mol. The number of aromatic nitrogens is 2. The monoisotopic (exact) mass is 869 g/mol. The summed E-state index contributed by atoms with van der Waals surface area (Å²) in [4.78, 5) is 34.2. The first kappa shape index (κ1) is 44.2. The van der Waals surface area contributed by atoms with E-state index >= 15 is 0 Å². The van der Waals surface area contributed by atoms with Crippen molar-refractivity contribution in [2.24, 2.45) is 76.7 Å². The highest BCUT2D eigenvalue weighted by atomic mass is 19.1. The van der Waals surface area contributed by atoms with E-state index in [1.807, 2.05) is 50.2 Å². The zero-order chi connectivity index (χ0) is 44.5. The zero-order valence-electron chi connectivity index (χ0n) is 36.9. The fourth-order valence-electron chi connectivity index (χ4n) is 12.9. The average molecular weight is 870 g/mol. The number of carbonyl (C=O) groups excluding carboxylic acids is 2. The number of benzene rings is 2. The normalized spacial score (nSPS) is 34.2. The number of nitrogens with zero attached hydrogens (tertiary/aromatic N) is 2. The Morgan fingerprint density at radius 3 is 1.53 bits per heavy atom. The van der Waals surface area contributed by atoms with Gasteiger partial charge in [-0.3, -0.25) is 19.6 Å². The van der Waals surface area contributed by atoms with Crippen molar-refractivity contribution in [3.63, 3.8) is 0 Å². The highest BCUT2D eigenvalue weighted by molar-refractivity contribution is 5.76. The summed E-state index contributed by atoms with van der Waals surface area (Å²) in [7, 11) is 0. The van der Waals surface area contributed by atoms with Gasteiger partial charge in [0.1, 0.15) is 23.8 Å². The molecule has 4 heterocycles. The van der Waals surface area contributed by atoms with E-state index in [9.17, 15) is 23.5 Å². The van der Waals surface area contributed by atoms with Gasteiger partial charge in [-0.1, -0.05) is 48.6 Å². The van der Waals surface area contributed by atoms with Crippen molar-refractivity contribution in [1.82, 2.24) is 9.97 Å². The number of cyclic esters (lactones) is 2. The van der Waals surface area contributed by atoms with Gasteiger partial charge in [-0.05, 0) is 179 Å². The number of hydrogen-bond donors (Lipinski definition) is 2. The molecule has 0 unspecified atom stereocenters. The molecule has 336 valence electrons. The van der Waals surface area contributed by atoms with Crippen molar-refractivity contribution in [3.05, 3.63) is 120 Å². The molecular formula is C54H61F2N3O5. The molecule has 4 aliphatic carbocycles. The maximum atomic E-state index is 13.5. The van der Waals surface area contributed by atoms with Crippen molar-refractivity contribution in [1.29, 1.82) is 0 Å². The van der Waals surface area contributed by atoms with Crippen LogP contribution >= 0.6 is 0 Å². The van der Waals surface area contributed by atoms with Gasteiger partial charge in [0.25, 0.3) is 0 Å². The van der Waals surface area contributed by atoms with E-state index in [-0.39, 0.29) is 72.0 Å². The number of allylic oxidation sites excluding steroid dienone is 2. The Labute approximate surface area is 375 Å². The van der Waals surface area contributed by atoms with Crippen molar-refractivity contribution < 1.29 is 33.0 Å². The third-order valence-corrected chi connectivity index (χ3v) is 16.0. The van der Waals surface area contributed by atoms with Crippen LogP contribution in [0.4, 0.5) is 8.78 Å². The van der Waals surface area contributed by atoms with E-state index in [1.54, 1.807) is 24.5 Å². The van der Waals surface area contributed by atoms with Crippen LogP contribution in [0, 0.1) is 82.6 Å². The molecule has 6 aliphatic rings. The highest BCUT2D eigenvalue weighted by Gasteiger charge is 2.55. The van der Waals surface area contributed by atoms with Crippen LogP contribution in [0.25, 0.3) is 34.4 Å². The van der Waals surface area contributed by atoms with Crippen LogP contribution < -0.4 is 5.73 Å². The second kappa shape index (κ2) is 19.2. The predicted octanol–water partition coefficient (Wildman–Crippen LogP) is 10.2. The molecule has 6 fully saturated rings. The zero-order valence-corrected chi connectivity index (χ0v) is 36.9. The molecule has 2 aliphatic heterocycles. The van der Waals surface area contributed by atoms with Gasteiger partial charge in [-0.2, -0.15) is 0 Å². The Morgan fingerprint density at radius 1 is 0.641 bits per heavy atom. The van der Waals surface area contributed by atoms with E-state index in [0.29, 0.717) is 41.4 Å². The van der Waals surface area contributed by atoms with Gasteiger partial charge < -0.3 is 20.3 Å². The summed E-state index contributed by atoms with van der Waals surface area (Å²) in [5, 5.41) is 9.67. The number of aliphatic hydroxyl groups is 1. The molecule has 0 amide bonds. The van der Waals surface area contributed by atoms with Gasteiger partial charge in [0.05, 0.1) is 23.2 Å². The van der Waals surface area contributed by atoms with Crippen molar-refractivity contribution in [2.75, 3.05) is 13.2 Å². The van der Waals surface area contributed by atoms with Crippen LogP contribution in [-0.2, 0) is 19.1 Å². The SMILES string of the molecule is C[C@H]1OC(=O)[C@@H]2C[C@@H]3C[C@H](CN)CC[C@H]3[C@H](/C=C/c3ccc(-c4cccc(F)c4)cn3)[C@H]12.C[C@H]1OC(=O)[C@@H]2C[C@@H]3C[C@H](CO)CC[C@H]3[C@H](/C=C/c3ccc(-c4cccc(F)c4)cn3)[C@H]12. The van der Waals surface area contributed by atoms with Crippen LogP contribution in [-0.4, -0.2) is 52.4 Å². The molecule has 14 atom stereocenters. The fraction of sp³-hybridized carbons (Fsp3) is 0.481. The number of nitrogens with two attached hydrogens (primary N) is 1. The molecule has 64 heavy (non-hydrogen) atoms. The first-order valence-electron chi connectivity index (χ1n) is 23.6. The number of fused-ring (bicyclic) bond motifs is 4. The van der Waals surface area contributed by atoms with Gasteiger partial charge in [-0.15, -0.1) is 0 Å². The largest absolute Gasteiger partial charge is 0.462 e. The number of aliphatic hydroxyl groups excluding tert-OH is 1. The fourth-order valence-corrected chi connectivity index (χ4v) is 12.9. The van der Waals surface area contributed by atoms with Crippen molar-refractivity contribution >= 4 is 24.1 Å². The summed E-state index contributed by atoms with van der Waals surface area (Å²) in [6.45, 7) is 5.04. The first-order valence-corrected chi connectivity index (χ1v) is 23.6. The maximum absolute atomic E-state index is 13.5. The Morgan fingerprint density at radius 2 is 1.11 bits per heavy atom. The molecule has 10 heteroatoms. The molecule has 2 aromatic heterocycles. The molecule has 4 saturated carbocycles. The quantitative estimate of drug-likeness (QED) is 0.168. The Balaban J connectivity index is 0.000000162. The standard InChI is InChI=1S/C27H31FN2O2.C27H30FNO3/c1-16-26-24(23-9-5-17(14-29)11-20(23)13-25(26)27(31)32-16)10-8-22-7-6-19(15-30-22)18-3-2-4-21(28)12-18;1-16-26-24(23-9-5-17(15-30)11-20(23)13-25(26)27(31)32-16)10-8-22-7-6-19(14-29-22)18-3-2-4-21(28)12-18/h2-4,6-8,10,12,15-17,20,23-26H,5,9,11,13-14,29H2,1H3;2-4,6-8,10,12,14,16-17,20,23-26,30H,5,9,11,13,15H2,1H3/b2*10-8+/t2*16-,17-,20+,23-,24+,25-,26+/m11/s1. The van der Waals surface area contributed by atoms with Crippen LogP contribution in [0.5, 0.6) is 0 Å². The summed E-state index contributed by atoms with van der Waals surface area (Å²) in [5.74, 6) is 3.40. The summed E-state index contributed by atoms with van der Waals surface area (Å²) < 4.78 is 38.4. The minimum atomic E-state index is -0.258. The average Bonchev–Trinajstić information content (AvgIpc) is 3.77. The van der Waals surface area contributed by atoms with Gasteiger partial charge in [0.15, 0.2) is 0 Å². The van der Waals surface area contributed by atoms with Crippen LogP contribution in [0.15, 0.2) is 97.3 Å². The van der Waals surface area contributed by atoms with E-state index in [0.717, 1.165) is 85.1 Å². The summed E-state index contributed by atoms with van der Waals surface area (Å²) in [6.07, 6.45) is 20.5. The summed E-state index contributed by atoms with van der Waals surface area (Å²) >= 11 is 0. The third-order valence-electron chi connectivity index (χ3n) is 16.0. The lowest BCUT2D eigenvalue weighted by Crippen LogP contribution is -2.44. The maximum Gasteiger partial charge on any atom is 0.309 e. The van der Waals surface area contributed by atoms with Gasteiger partial charge in [0, 0.05) is 42.0 Å². The van der Waals surface area contributed by atoms with Crippen LogP contribution in [0.1, 0.15) is 76.6 Å². The summed E-state index contributed by atoms with van der Waals surface area (Å²) in [5.41, 5.74) is 11.1. The van der Waals surface area contributed by atoms with E-state index < -0.39 is 0 Å². The highest BCUT2D eigenvalue weighted by Crippen LogP contribution is 2.56. The van der Waals surface area contributed by atoms with Crippen molar-refractivity contribution in [2.45, 2.75) is 77.4 Å². The lowest BCUT2D eigenvalue weighted by atomic mass is 9.56. The number of halogens is 2. The lowest BCUT2D eigenvalue weighted by molar-refractivity contribution is -0.145. The molecule has 3 N–H and O–H groups in total. The molecule has 0 radical (unpaired) electrons. The van der Waals surface area contributed by atoms with E-state index in [1.165, 1.54) is 30.7 Å². The number of ether oxygens (including phenoxy) is 2. The topological polar surface area (TPSA) is 125 Å². The number of hydrogen-bond acceptors (Lipinski definition) is 8. The third kappa shape index (κ3) is 9.23. The molecule has 10 rings (SSSR count). The number of pyridine rings is 2. The Hall–Kier alpha value is -5.06. The van der Waals surface area contributed by atoms with E-state index in [2.05, 4.69) is 34.3 Å². The van der Waals surface area contributed by atoms with Crippen LogP contribution in [0.2, 0.25) is 0 Å². The smallest absolute Gasteiger partial charge is 0.309 e. The molecule has 4 aromatic rings. The lowest BCUT2D eigenvalue weighted by Gasteiger charge is -2.47. The first-order chi connectivity index (χ1) is 31.1. The molecule has 8 nitrogen and oxygen atoms in total. The number of carbonyl (C=O) groups is 2. The second-order valence-electron chi connectivity index (χ2n) is 19.6.